The summed E-state index contributed by atoms with van der Waals surface area (Å²) >= 11 is 0. The first-order chi connectivity index (χ1) is 7.57. The number of carbonyl (C=O) groups excluding carboxylic acids is 1. The number of morpholine rings is 1. The Bertz CT molecular complexity index is 398. The lowest BCUT2D eigenvalue weighted by Gasteiger charge is -2.23. The van der Waals surface area contributed by atoms with Gasteiger partial charge in [-0.1, -0.05) is 0 Å². The van der Waals surface area contributed by atoms with Crippen LogP contribution < -0.4 is 10.6 Å². The molecule has 2 aliphatic heterocycles. The molecule has 0 spiro atoms. The number of ether oxygens (including phenoxy) is 1. The molecule has 2 rings (SSSR count). The van der Waals surface area contributed by atoms with Gasteiger partial charge in [0.1, 0.15) is 6.10 Å². The van der Waals surface area contributed by atoms with Gasteiger partial charge in [-0.3, -0.25) is 4.79 Å². The third-order valence-electron chi connectivity index (χ3n) is 2.48. The number of carbonyl (C=O) groups is 1. The maximum absolute atomic E-state index is 11.7. The fraction of sp³-hybridized carbons (Fsp3) is 0.667. The standard InChI is InChI=1S/C9H14N2O4S/c12-9(8-5-10-2-3-15-8)11-7-1-4-16(13,14)6-7/h1,4,7-8,10H,2-3,5-6H2,(H,11,12). The molecule has 1 saturated heterocycles. The van der Waals surface area contributed by atoms with Gasteiger partial charge in [0.25, 0.3) is 5.91 Å². The van der Waals surface area contributed by atoms with Crippen molar-refractivity contribution in [2.75, 3.05) is 25.4 Å². The second kappa shape index (κ2) is 4.52. The van der Waals surface area contributed by atoms with Crippen LogP contribution in [0.15, 0.2) is 11.5 Å². The Morgan fingerprint density at radius 2 is 2.31 bits per heavy atom. The summed E-state index contributed by atoms with van der Waals surface area (Å²) in [6, 6.07) is -0.428. The average Bonchev–Trinajstić information content (AvgIpc) is 2.59. The molecule has 0 aliphatic carbocycles. The van der Waals surface area contributed by atoms with E-state index in [1.165, 1.54) is 6.08 Å². The van der Waals surface area contributed by atoms with E-state index in [1.807, 2.05) is 0 Å². The third-order valence-corrected chi connectivity index (χ3v) is 3.87. The van der Waals surface area contributed by atoms with E-state index in [1.54, 1.807) is 0 Å². The van der Waals surface area contributed by atoms with Crippen LogP contribution >= 0.6 is 0 Å². The molecular weight excluding hydrogens is 232 g/mol. The van der Waals surface area contributed by atoms with Gasteiger partial charge in [-0.05, 0) is 6.08 Å². The van der Waals surface area contributed by atoms with Crippen LogP contribution in [0.1, 0.15) is 0 Å². The molecule has 90 valence electrons. The summed E-state index contributed by atoms with van der Waals surface area (Å²) in [6.07, 6.45) is 0.967. The fourth-order valence-electron chi connectivity index (χ4n) is 1.68. The van der Waals surface area contributed by atoms with Crippen molar-refractivity contribution < 1.29 is 17.9 Å². The topological polar surface area (TPSA) is 84.5 Å². The summed E-state index contributed by atoms with van der Waals surface area (Å²) in [5.41, 5.74) is 0. The van der Waals surface area contributed by atoms with Crippen LogP contribution in [0.3, 0.4) is 0 Å². The molecule has 0 bridgehead atoms. The van der Waals surface area contributed by atoms with Crippen molar-refractivity contribution >= 4 is 15.7 Å². The van der Waals surface area contributed by atoms with Crippen molar-refractivity contribution in [1.29, 1.82) is 0 Å². The van der Waals surface area contributed by atoms with Crippen molar-refractivity contribution in [1.82, 2.24) is 10.6 Å². The van der Waals surface area contributed by atoms with Crippen LogP contribution in [0.5, 0.6) is 0 Å². The van der Waals surface area contributed by atoms with E-state index >= 15 is 0 Å². The Labute approximate surface area is 94.0 Å². The maximum atomic E-state index is 11.7. The van der Waals surface area contributed by atoms with E-state index in [0.29, 0.717) is 13.2 Å². The number of rotatable bonds is 2. The summed E-state index contributed by atoms with van der Waals surface area (Å²) in [7, 11) is -3.12. The number of nitrogens with one attached hydrogen (secondary N) is 2. The van der Waals surface area contributed by atoms with Crippen molar-refractivity contribution in [3.8, 4) is 0 Å². The number of hydrogen-bond acceptors (Lipinski definition) is 5. The first-order valence-electron chi connectivity index (χ1n) is 5.10. The summed E-state index contributed by atoms with van der Waals surface area (Å²) in [5.74, 6) is -0.322. The van der Waals surface area contributed by atoms with Gasteiger partial charge in [0.05, 0.1) is 18.4 Å². The van der Waals surface area contributed by atoms with E-state index in [0.717, 1.165) is 12.0 Å². The monoisotopic (exact) mass is 246 g/mol. The number of hydrogen-bond donors (Lipinski definition) is 2. The van der Waals surface area contributed by atoms with Crippen LogP contribution in [-0.2, 0) is 19.4 Å². The fourth-order valence-corrected chi connectivity index (χ4v) is 2.91. The zero-order valence-corrected chi connectivity index (χ0v) is 9.50. The zero-order chi connectivity index (χ0) is 11.6. The van der Waals surface area contributed by atoms with Gasteiger partial charge in [-0.15, -0.1) is 0 Å². The lowest BCUT2D eigenvalue weighted by Crippen LogP contribution is -2.50. The first kappa shape index (κ1) is 11.6. The van der Waals surface area contributed by atoms with Gasteiger partial charge in [0.15, 0.2) is 9.84 Å². The highest BCUT2D eigenvalue weighted by Gasteiger charge is 2.27. The Morgan fingerprint density at radius 3 is 2.88 bits per heavy atom. The molecule has 1 fully saturated rings. The summed E-state index contributed by atoms with van der Waals surface area (Å²) in [6.45, 7) is 1.70. The molecular formula is C9H14N2O4S. The van der Waals surface area contributed by atoms with Crippen molar-refractivity contribution in [3.05, 3.63) is 11.5 Å². The molecule has 0 aromatic rings. The van der Waals surface area contributed by atoms with E-state index in [4.69, 9.17) is 4.74 Å². The van der Waals surface area contributed by atoms with Gasteiger partial charge in [-0.2, -0.15) is 0 Å². The molecule has 0 aromatic heterocycles. The predicted molar refractivity (Wildman–Crippen MR) is 57.5 cm³/mol. The zero-order valence-electron chi connectivity index (χ0n) is 8.68. The molecule has 2 unspecified atom stereocenters. The molecule has 2 N–H and O–H groups in total. The largest absolute Gasteiger partial charge is 0.366 e. The van der Waals surface area contributed by atoms with Crippen LogP contribution in [0.4, 0.5) is 0 Å². The minimum absolute atomic E-state index is 0.0567. The van der Waals surface area contributed by atoms with Crippen molar-refractivity contribution in [2.45, 2.75) is 12.1 Å². The molecule has 7 heteroatoms. The van der Waals surface area contributed by atoms with E-state index in [-0.39, 0.29) is 11.7 Å². The maximum Gasteiger partial charge on any atom is 0.250 e. The Hall–Kier alpha value is -0.920. The Morgan fingerprint density at radius 1 is 1.50 bits per heavy atom. The molecule has 6 nitrogen and oxygen atoms in total. The van der Waals surface area contributed by atoms with Crippen molar-refractivity contribution in [2.24, 2.45) is 0 Å². The van der Waals surface area contributed by atoms with Gasteiger partial charge in [0.2, 0.25) is 0 Å². The van der Waals surface area contributed by atoms with Gasteiger partial charge in [-0.25, -0.2) is 8.42 Å². The Balaban J connectivity index is 1.86. The minimum atomic E-state index is -3.12. The third kappa shape index (κ3) is 2.81. The predicted octanol–water partition coefficient (Wildman–Crippen LogP) is -1.60. The highest BCUT2D eigenvalue weighted by molar-refractivity contribution is 7.94. The molecule has 0 radical (unpaired) electrons. The second-order valence-electron chi connectivity index (χ2n) is 3.84. The van der Waals surface area contributed by atoms with E-state index in [2.05, 4.69) is 10.6 Å². The number of amides is 1. The van der Waals surface area contributed by atoms with Gasteiger partial charge in [0, 0.05) is 18.5 Å². The molecule has 1 amide bonds. The molecule has 2 aliphatic rings. The molecule has 2 atom stereocenters. The SMILES string of the molecule is O=C(NC1C=CS(=O)(=O)C1)C1CNCCO1. The first-order valence-corrected chi connectivity index (χ1v) is 6.82. The molecule has 2 heterocycles. The highest BCUT2D eigenvalue weighted by Crippen LogP contribution is 2.08. The minimum Gasteiger partial charge on any atom is -0.366 e. The van der Waals surface area contributed by atoms with E-state index < -0.39 is 22.0 Å². The van der Waals surface area contributed by atoms with Crippen LogP contribution in [0.2, 0.25) is 0 Å². The lowest BCUT2D eigenvalue weighted by atomic mass is 10.2. The van der Waals surface area contributed by atoms with Crippen LogP contribution in [-0.4, -0.2) is 51.9 Å². The van der Waals surface area contributed by atoms with Gasteiger partial charge < -0.3 is 15.4 Å². The number of sulfone groups is 1. The summed E-state index contributed by atoms with van der Waals surface area (Å²) < 4.78 is 27.5. The normalized spacial score (nSPS) is 32.5. The van der Waals surface area contributed by atoms with Crippen LogP contribution in [0, 0.1) is 0 Å². The van der Waals surface area contributed by atoms with Crippen molar-refractivity contribution in [3.63, 3.8) is 0 Å². The van der Waals surface area contributed by atoms with E-state index in [9.17, 15) is 13.2 Å². The highest BCUT2D eigenvalue weighted by atomic mass is 32.2. The molecule has 0 aromatic carbocycles. The second-order valence-corrected chi connectivity index (χ2v) is 5.77. The molecule has 0 saturated carbocycles. The van der Waals surface area contributed by atoms with Gasteiger partial charge >= 0.3 is 0 Å². The average molecular weight is 246 g/mol. The lowest BCUT2D eigenvalue weighted by molar-refractivity contribution is -0.134. The Kier molecular flexibility index (Phi) is 3.27. The quantitative estimate of drug-likeness (QED) is 0.613. The van der Waals surface area contributed by atoms with Crippen LogP contribution in [0.25, 0.3) is 0 Å². The summed E-state index contributed by atoms with van der Waals surface area (Å²) in [5, 5.41) is 6.81. The molecule has 16 heavy (non-hydrogen) atoms. The smallest absolute Gasteiger partial charge is 0.250 e. The summed E-state index contributed by atoms with van der Waals surface area (Å²) in [4.78, 5) is 11.7.